The zero-order valence-electron chi connectivity index (χ0n) is 12.0. The van der Waals surface area contributed by atoms with E-state index in [2.05, 4.69) is 10.1 Å². The standard InChI is InChI=1S/C15H6Cl2F5N3/c16-9-6-7(4-5-8(9)15(20,21)22)25-14(17)23-13(24-25)12-10(18)2-1-3-11(12)19/h1-6H. The molecule has 0 aliphatic carbocycles. The van der Waals surface area contributed by atoms with Crippen molar-refractivity contribution in [1.82, 2.24) is 14.8 Å². The van der Waals surface area contributed by atoms with Crippen molar-refractivity contribution in [2.75, 3.05) is 0 Å². The van der Waals surface area contributed by atoms with Gasteiger partial charge in [0.1, 0.15) is 11.6 Å². The molecule has 0 bridgehead atoms. The number of rotatable bonds is 2. The van der Waals surface area contributed by atoms with E-state index in [9.17, 15) is 22.0 Å². The first kappa shape index (κ1) is 17.6. The molecule has 1 aromatic heterocycles. The van der Waals surface area contributed by atoms with Gasteiger partial charge in [-0.2, -0.15) is 18.2 Å². The molecule has 130 valence electrons. The summed E-state index contributed by atoms with van der Waals surface area (Å²) in [6, 6.07) is 5.99. The lowest BCUT2D eigenvalue weighted by atomic mass is 10.2. The number of nitrogens with zero attached hydrogens (tertiary/aromatic N) is 3. The van der Waals surface area contributed by atoms with E-state index in [-0.39, 0.29) is 16.8 Å². The highest BCUT2D eigenvalue weighted by Gasteiger charge is 2.33. The second kappa shape index (κ2) is 6.27. The van der Waals surface area contributed by atoms with Crippen molar-refractivity contribution < 1.29 is 22.0 Å². The van der Waals surface area contributed by atoms with Crippen molar-refractivity contribution in [3.63, 3.8) is 0 Å². The van der Waals surface area contributed by atoms with Gasteiger partial charge in [0.25, 0.3) is 0 Å². The van der Waals surface area contributed by atoms with Crippen molar-refractivity contribution in [1.29, 1.82) is 0 Å². The van der Waals surface area contributed by atoms with Gasteiger partial charge in [0, 0.05) is 0 Å². The molecule has 0 atom stereocenters. The Kier molecular flexibility index (Phi) is 4.42. The third-order valence-corrected chi connectivity index (χ3v) is 3.81. The molecular weight excluding hydrogens is 388 g/mol. The number of hydrogen-bond donors (Lipinski definition) is 0. The van der Waals surface area contributed by atoms with Crippen molar-refractivity contribution in [3.05, 3.63) is 63.9 Å². The van der Waals surface area contributed by atoms with Gasteiger partial charge < -0.3 is 0 Å². The Hall–Kier alpha value is -2.19. The van der Waals surface area contributed by atoms with Crippen molar-refractivity contribution in [2.24, 2.45) is 0 Å². The maximum absolute atomic E-state index is 13.8. The molecule has 2 aromatic carbocycles. The monoisotopic (exact) mass is 393 g/mol. The molecule has 0 radical (unpaired) electrons. The Morgan fingerprint density at radius 3 is 2.16 bits per heavy atom. The molecule has 0 spiro atoms. The third-order valence-electron chi connectivity index (χ3n) is 3.26. The van der Waals surface area contributed by atoms with Gasteiger partial charge in [-0.3, -0.25) is 0 Å². The molecule has 0 N–H and O–H groups in total. The molecule has 0 fully saturated rings. The van der Waals surface area contributed by atoms with E-state index in [1.54, 1.807) is 0 Å². The Labute approximate surface area is 147 Å². The van der Waals surface area contributed by atoms with Gasteiger partial charge in [0.15, 0.2) is 5.82 Å². The third kappa shape index (κ3) is 3.32. The van der Waals surface area contributed by atoms with E-state index in [1.165, 1.54) is 6.07 Å². The zero-order chi connectivity index (χ0) is 18.4. The maximum atomic E-state index is 13.8. The summed E-state index contributed by atoms with van der Waals surface area (Å²) >= 11 is 11.5. The first-order chi connectivity index (χ1) is 11.7. The van der Waals surface area contributed by atoms with E-state index in [0.717, 1.165) is 35.0 Å². The SMILES string of the molecule is Fc1cccc(F)c1-c1nc(Cl)n(-c2ccc(C(F)(F)F)c(Cl)c2)n1. The topological polar surface area (TPSA) is 30.7 Å². The summed E-state index contributed by atoms with van der Waals surface area (Å²) in [6.45, 7) is 0. The van der Waals surface area contributed by atoms with Gasteiger partial charge in [-0.05, 0) is 41.9 Å². The van der Waals surface area contributed by atoms with Crippen LogP contribution in [0.3, 0.4) is 0 Å². The van der Waals surface area contributed by atoms with Gasteiger partial charge in [0.05, 0.1) is 21.8 Å². The van der Waals surface area contributed by atoms with Crippen LogP contribution in [-0.4, -0.2) is 14.8 Å². The van der Waals surface area contributed by atoms with E-state index < -0.39 is 34.0 Å². The molecular formula is C15H6Cl2F5N3. The molecule has 0 unspecified atom stereocenters. The summed E-state index contributed by atoms with van der Waals surface area (Å²) < 4.78 is 66.8. The quantitative estimate of drug-likeness (QED) is 0.535. The number of alkyl halides is 3. The number of aromatic nitrogens is 3. The first-order valence-electron chi connectivity index (χ1n) is 6.62. The summed E-state index contributed by atoms with van der Waals surface area (Å²) in [5.41, 5.74) is -1.48. The van der Waals surface area contributed by atoms with E-state index in [4.69, 9.17) is 23.2 Å². The average molecular weight is 394 g/mol. The molecule has 0 saturated heterocycles. The van der Waals surface area contributed by atoms with Crippen LogP contribution in [-0.2, 0) is 6.18 Å². The zero-order valence-corrected chi connectivity index (χ0v) is 13.5. The fraction of sp³-hybridized carbons (Fsp3) is 0.0667. The summed E-state index contributed by atoms with van der Waals surface area (Å²) in [6.07, 6.45) is -4.62. The highest BCUT2D eigenvalue weighted by molar-refractivity contribution is 6.31. The highest BCUT2D eigenvalue weighted by Crippen LogP contribution is 2.36. The number of hydrogen-bond acceptors (Lipinski definition) is 2. The number of benzene rings is 2. The number of halogens is 7. The lowest BCUT2D eigenvalue weighted by Crippen LogP contribution is -2.07. The van der Waals surface area contributed by atoms with Crippen LogP contribution in [0.25, 0.3) is 17.1 Å². The molecule has 10 heteroatoms. The van der Waals surface area contributed by atoms with E-state index in [0.29, 0.717) is 0 Å². The van der Waals surface area contributed by atoms with Gasteiger partial charge >= 0.3 is 6.18 Å². The van der Waals surface area contributed by atoms with Crippen LogP contribution in [0.4, 0.5) is 22.0 Å². The van der Waals surface area contributed by atoms with Crippen LogP contribution in [0.2, 0.25) is 10.3 Å². The normalized spacial score (nSPS) is 11.8. The lowest BCUT2D eigenvalue weighted by Gasteiger charge is -2.10. The Morgan fingerprint density at radius 1 is 0.960 bits per heavy atom. The molecule has 25 heavy (non-hydrogen) atoms. The van der Waals surface area contributed by atoms with Crippen LogP contribution in [0.1, 0.15) is 5.56 Å². The largest absolute Gasteiger partial charge is 0.417 e. The van der Waals surface area contributed by atoms with Crippen molar-refractivity contribution in [2.45, 2.75) is 6.18 Å². The van der Waals surface area contributed by atoms with Crippen LogP contribution < -0.4 is 0 Å². The van der Waals surface area contributed by atoms with E-state index in [1.807, 2.05) is 0 Å². The average Bonchev–Trinajstić information content (AvgIpc) is 2.87. The van der Waals surface area contributed by atoms with Gasteiger partial charge in [-0.1, -0.05) is 17.7 Å². The Morgan fingerprint density at radius 2 is 1.60 bits per heavy atom. The van der Waals surface area contributed by atoms with Crippen LogP contribution in [0, 0.1) is 11.6 Å². The minimum atomic E-state index is -4.62. The minimum absolute atomic E-state index is 0.0542. The van der Waals surface area contributed by atoms with E-state index >= 15 is 0 Å². The van der Waals surface area contributed by atoms with Gasteiger partial charge in [0.2, 0.25) is 5.28 Å². The summed E-state index contributed by atoms with van der Waals surface area (Å²) in [4.78, 5) is 3.75. The molecule has 1 heterocycles. The Bertz CT molecular complexity index is 933. The molecule has 0 aliphatic rings. The molecule has 3 nitrogen and oxygen atoms in total. The van der Waals surface area contributed by atoms with Crippen molar-refractivity contribution >= 4 is 23.2 Å². The first-order valence-corrected chi connectivity index (χ1v) is 7.38. The second-order valence-corrected chi connectivity index (χ2v) is 5.62. The van der Waals surface area contributed by atoms with Crippen LogP contribution in [0.5, 0.6) is 0 Å². The molecule has 3 rings (SSSR count). The van der Waals surface area contributed by atoms with Gasteiger partial charge in [-0.25, -0.2) is 13.5 Å². The molecule has 0 amide bonds. The summed E-state index contributed by atoms with van der Waals surface area (Å²) in [5, 5.41) is 2.99. The Balaban J connectivity index is 2.09. The predicted octanol–water partition coefficient (Wildman–Crippen LogP) is 5.54. The fourth-order valence-electron chi connectivity index (χ4n) is 2.14. The molecule has 0 saturated carbocycles. The fourth-order valence-corrected chi connectivity index (χ4v) is 2.64. The van der Waals surface area contributed by atoms with Crippen LogP contribution >= 0.6 is 23.2 Å². The van der Waals surface area contributed by atoms with Crippen molar-refractivity contribution in [3.8, 4) is 17.1 Å². The minimum Gasteiger partial charge on any atom is -0.206 e. The summed E-state index contributed by atoms with van der Waals surface area (Å²) in [5.74, 6) is -2.16. The van der Waals surface area contributed by atoms with Crippen LogP contribution in [0.15, 0.2) is 36.4 Å². The summed E-state index contributed by atoms with van der Waals surface area (Å²) in [7, 11) is 0. The molecule has 3 aromatic rings. The second-order valence-electron chi connectivity index (χ2n) is 4.87. The molecule has 0 aliphatic heterocycles. The maximum Gasteiger partial charge on any atom is 0.417 e. The lowest BCUT2D eigenvalue weighted by molar-refractivity contribution is -0.137. The van der Waals surface area contributed by atoms with Gasteiger partial charge in [-0.15, -0.1) is 5.10 Å². The highest BCUT2D eigenvalue weighted by atomic mass is 35.5. The smallest absolute Gasteiger partial charge is 0.206 e. The predicted molar refractivity (Wildman–Crippen MR) is 81.7 cm³/mol.